The maximum atomic E-state index is 4.84. The van der Waals surface area contributed by atoms with Gasteiger partial charge in [0, 0.05) is 49.6 Å². The van der Waals surface area contributed by atoms with Gasteiger partial charge in [-0.15, -0.1) is 0 Å². The van der Waals surface area contributed by atoms with Crippen molar-refractivity contribution in [1.82, 2.24) is 24.8 Å². The van der Waals surface area contributed by atoms with Crippen molar-refractivity contribution in [3.8, 4) is 0 Å². The molecule has 4 heterocycles. The fourth-order valence-corrected chi connectivity index (χ4v) is 5.26. The van der Waals surface area contributed by atoms with Crippen molar-refractivity contribution in [3.05, 3.63) is 34.8 Å². The van der Waals surface area contributed by atoms with Gasteiger partial charge in [0.05, 0.1) is 17.6 Å². The lowest BCUT2D eigenvalue weighted by Crippen LogP contribution is -2.57. The molecule has 4 rings (SSSR count). The van der Waals surface area contributed by atoms with Gasteiger partial charge in [0.25, 0.3) is 0 Å². The zero-order chi connectivity index (χ0) is 19.9. The van der Waals surface area contributed by atoms with Crippen molar-refractivity contribution in [2.45, 2.75) is 65.8 Å². The van der Waals surface area contributed by atoms with Crippen LogP contribution in [0.2, 0.25) is 0 Å². The third-order valence-electron chi connectivity index (χ3n) is 6.53. The lowest BCUT2D eigenvalue weighted by Gasteiger charge is -2.51. The molecule has 2 aromatic heterocycles. The molecule has 2 aliphatic rings. The van der Waals surface area contributed by atoms with E-state index in [4.69, 9.17) is 9.97 Å². The number of nitrogens with zero attached hydrogens (tertiary/aromatic N) is 5. The molecule has 0 saturated carbocycles. The van der Waals surface area contributed by atoms with Crippen LogP contribution in [-0.2, 0) is 18.4 Å². The number of aryl methyl sites for hydroxylation is 2. The van der Waals surface area contributed by atoms with Gasteiger partial charge in [0.2, 0.25) is 0 Å². The molecule has 0 atom stereocenters. The summed E-state index contributed by atoms with van der Waals surface area (Å²) in [7, 11) is 0. The van der Waals surface area contributed by atoms with Gasteiger partial charge in [0.15, 0.2) is 0 Å². The summed E-state index contributed by atoms with van der Waals surface area (Å²) in [6.07, 6.45) is 6.15. The van der Waals surface area contributed by atoms with Gasteiger partial charge in [0.1, 0.15) is 11.6 Å². The van der Waals surface area contributed by atoms with Crippen LogP contribution in [0.1, 0.15) is 62.1 Å². The van der Waals surface area contributed by atoms with Crippen molar-refractivity contribution < 1.29 is 0 Å². The van der Waals surface area contributed by atoms with E-state index in [2.05, 4.69) is 47.5 Å². The van der Waals surface area contributed by atoms with Crippen molar-refractivity contribution in [2.24, 2.45) is 5.92 Å². The Kier molecular flexibility index (Phi) is 5.17. The molecule has 0 aliphatic carbocycles. The fraction of sp³-hybridized carbons (Fsp3) is 0.682. The Morgan fingerprint density at radius 1 is 1.14 bits per heavy atom. The van der Waals surface area contributed by atoms with Crippen LogP contribution >= 0.6 is 0 Å². The Morgan fingerprint density at radius 2 is 1.89 bits per heavy atom. The quantitative estimate of drug-likeness (QED) is 0.878. The number of nitrogens with one attached hydrogen (secondary N) is 1. The van der Waals surface area contributed by atoms with Crippen LogP contribution in [0.3, 0.4) is 0 Å². The van der Waals surface area contributed by atoms with Crippen LogP contribution < -0.4 is 4.90 Å². The highest BCUT2D eigenvalue weighted by atomic mass is 15.3. The average Bonchev–Trinajstić information content (AvgIpc) is 3.14. The predicted molar refractivity (Wildman–Crippen MR) is 113 cm³/mol. The van der Waals surface area contributed by atoms with Gasteiger partial charge in [-0.2, -0.15) is 0 Å². The minimum atomic E-state index is 0.0673. The number of hydrogen-bond acceptors (Lipinski definition) is 5. The first kappa shape index (κ1) is 19.4. The number of piperidine rings is 1. The Morgan fingerprint density at radius 3 is 2.57 bits per heavy atom. The van der Waals surface area contributed by atoms with Crippen molar-refractivity contribution in [3.63, 3.8) is 0 Å². The van der Waals surface area contributed by atoms with Crippen LogP contribution in [0.4, 0.5) is 5.82 Å². The van der Waals surface area contributed by atoms with E-state index in [1.165, 1.54) is 17.0 Å². The maximum absolute atomic E-state index is 4.84. The van der Waals surface area contributed by atoms with Crippen LogP contribution in [0.15, 0.2) is 6.33 Å². The van der Waals surface area contributed by atoms with Crippen molar-refractivity contribution in [2.75, 3.05) is 31.1 Å². The summed E-state index contributed by atoms with van der Waals surface area (Å²) in [5.41, 5.74) is 5.13. The van der Waals surface area contributed by atoms with E-state index >= 15 is 0 Å². The second-order valence-electron chi connectivity index (χ2n) is 8.85. The maximum Gasteiger partial charge on any atom is 0.135 e. The molecule has 6 heteroatoms. The van der Waals surface area contributed by atoms with Gasteiger partial charge in [-0.05, 0) is 39.0 Å². The Hall–Kier alpha value is -1.95. The third-order valence-corrected chi connectivity index (χ3v) is 6.53. The predicted octanol–water partition coefficient (Wildman–Crippen LogP) is 3.39. The highest BCUT2D eigenvalue weighted by molar-refractivity contribution is 5.50. The topological polar surface area (TPSA) is 60.9 Å². The zero-order valence-electron chi connectivity index (χ0n) is 18.0. The summed E-state index contributed by atoms with van der Waals surface area (Å²) >= 11 is 0. The first-order valence-corrected chi connectivity index (χ1v) is 10.8. The molecule has 28 heavy (non-hydrogen) atoms. The number of rotatable bonds is 4. The largest absolute Gasteiger partial charge is 0.356 e. The molecule has 0 bridgehead atoms. The molecule has 152 valence electrons. The molecule has 1 spiro atoms. The van der Waals surface area contributed by atoms with Gasteiger partial charge in [-0.1, -0.05) is 20.8 Å². The van der Waals surface area contributed by atoms with E-state index in [0.29, 0.717) is 5.92 Å². The highest BCUT2D eigenvalue weighted by Crippen LogP contribution is 2.43. The monoisotopic (exact) mass is 382 g/mol. The molecular formula is C22H34N6. The van der Waals surface area contributed by atoms with Gasteiger partial charge >= 0.3 is 0 Å². The molecule has 0 amide bonds. The number of imidazole rings is 1. The summed E-state index contributed by atoms with van der Waals surface area (Å²) in [4.78, 5) is 22.9. The molecule has 1 fully saturated rings. The summed E-state index contributed by atoms with van der Waals surface area (Å²) in [5.74, 6) is 2.68. The van der Waals surface area contributed by atoms with Crippen LogP contribution in [0, 0.1) is 19.8 Å². The molecule has 2 aromatic rings. The van der Waals surface area contributed by atoms with Gasteiger partial charge in [-0.3, -0.25) is 4.90 Å². The number of aromatic nitrogens is 4. The smallest absolute Gasteiger partial charge is 0.135 e. The summed E-state index contributed by atoms with van der Waals surface area (Å²) < 4.78 is 0. The Balaban J connectivity index is 1.64. The fourth-order valence-electron chi connectivity index (χ4n) is 5.26. The van der Waals surface area contributed by atoms with Crippen LogP contribution in [0.25, 0.3) is 0 Å². The van der Waals surface area contributed by atoms with Crippen LogP contribution in [0.5, 0.6) is 0 Å². The number of aromatic amines is 1. The summed E-state index contributed by atoms with van der Waals surface area (Å²) in [6.45, 7) is 15.3. The second-order valence-corrected chi connectivity index (χ2v) is 8.85. The molecule has 2 aliphatic heterocycles. The number of fused-ring (bicyclic) bond motifs is 2. The minimum Gasteiger partial charge on any atom is -0.356 e. The first-order valence-electron chi connectivity index (χ1n) is 10.8. The van der Waals surface area contributed by atoms with Crippen molar-refractivity contribution >= 4 is 5.82 Å². The lowest BCUT2D eigenvalue weighted by molar-refractivity contribution is 0.0341. The number of hydrogen-bond donors (Lipinski definition) is 1. The van der Waals surface area contributed by atoms with E-state index in [1.54, 1.807) is 0 Å². The second kappa shape index (κ2) is 7.47. The number of H-pyrrole nitrogens is 1. The standard InChI is InChI=1S/C22H34N6/c1-6-18-16(4)25-17(5)26-21(18)27-11-8-22(9-12-27)20-19(23-14-24-20)7-10-28(22)13-15(2)3/h14-15H,6-13H2,1-5H3,(H,23,24). The van der Waals surface area contributed by atoms with Crippen molar-refractivity contribution in [1.29, 1.82) is 0 Å². The molecule has 1 saturated heterocycles. The summed E-state index contributed by atoms with van der Waals surface area (Å²) in [5, 5.41) is 0. The molecular weight excluding hydrogens is 348 g/mol. The Bertz CT molecular complexity index is 832. The van der Waals surface area contributed by atoms with E-state index in [-0.39, 0.29) is 5.54 Å². The average molecular weight is 383 g/mol. The molecule has 0 radical (unpaired) electrons. The summed E-state index contributed by atoms with van der Waals surface area (Å²) in [6, 6.07) is 0. The molecule has 0 unspecified atom stereocenters. The third kappa shape index (κ3) is 3.21. The van der Waals surface area contributed by atoms with E-state index in [0.717, 1.165) is 69.2 Å². The molecule has 0 aromatic carbocycles. The minimum absolute atomic E-state index is 0.0673. The highest BCUT2D eigenvalue weighted by Gasteiger charge is 2.46. The lowest BCUT2D eigenvalue weighted by atomic mass is 9.78. The normalized spacial score (nSPS) is 19.4. The van der Waals surface area contributed by atoms with E-state index in [9.17, 15) is 0 Å². The zero-order valence-corrected chi connectivity index (χ0v) is 18.0. The van der Waals surface area contributed by atoms with E-state index < -0.39 is 0 Å². The number of anilines is 1. The Labute approximate surface area is 168 Å². The molecule has 6 nitrogen and oxygen atoms in total. The van der Waals surface area contributed by atoms with Crippen LogP contribution in [-0.4, -0.2) is 51.0 Å². The first-order chi connectivity index (χ1) is 13.4. The van der Waals surface area contributed by atoms with Gasteiger partial charge < -0.3 is 9.88 Å². The van der Waals surface area contributed by atoms with E-state index in [1.807, 2.05) is 13.3 Å². The molecule has 1 N–H and O–H groups in total. The van der Waals surface area contributed by atoms with Gasteiger partial charge in [-0.25, -0.2) is 15.0 Å². The SMILES string of the molecule is CCc1c(C)nc(C)nc1N1CCC2(CC1)c1nc[nH]c1CCN2CC(C)C.